The highest BCUT2D eigenvalue weighted by Crippen LogP contribution is 2.23. The van der Waals surface area contributed by atoms with E-state index in [0.717, 1.165) is 23.5 Å². The first kappa shape index (κ1) is 22.6. The van der Waals surface area contributed by atoms with Gasteiger partial charge in [0.1, 0.15) is 5.82 Å². The third-order valence-electron chi connectivity index (χ3n) is 5.60. The number of ether oxygens (including phenoxy) is 2. The Labute approximate surface area is 188 Å². The number of hydrogen-bond donors (Lipinski definition) is 0. The van der Waals surface area contributed by atoms with Gasteiger partial charge >= 0.3 is 0 Å². The van der Waals surface area contributed by atoms with Crippen LogP contribution in [0.25, 0.3) is 11.4 Å². The topological polar surface area (TPSA) is 109 Å². The Balaban J connectivity index is 1.57. The molecule has 2 aliphatic heterocycles. The van der Waals surface area contributed by atoms with E-state index in [1.54, 1.807) is 12.1 Å². The van der Waals surface area contributed by atoms with Crippen molar-refractivity contribution in [2.75, 3.05) is 50.5 Å². The van der Waals surface area contributed by atoms with Crippen LogP contribution in [-0.4, -0.2) is 74.6 Å². The number of nitriles is 1. The summed E-state index contributed by atoms with van der Waals surface area (Å²) < 4.78 is 36.5. The summed E-state index contributed by atoms with van der Waals surface area (Å²) in [6.45, 7) is 3.39. The lowest BCUT2D eigenvalue weighted by molar-refractivity contribution is -0.180. The summed E-state index contributed by atoms with van der Waals surface area (Å²) in [6.07, 6.45) is 3.30. The standard InChI is InChI=1S/C22H27N5O4S/c1-32(28,29)27-11-9-26(10-12-27)20-15-19(7-8-21-30-13-2-14-31-21)24-22(25-20)18-5-3-17(16-23)4-6-18/h3-6,15,21H,2,7-14H2,1H3. The maximum absolute atomic E-state index is 11.8. The largest absolute Gasteiger partial charge is 0.354 e. The molecule has 0 unspecified atom stereocenters. The number of rotatable bonds is 6. The van der Waals surface area contributed by atoms with Gasteiger partial charge in [-0.25, -0.2) is 18.4 Å². The first-order valence-corrected chi connectivity index (χ1v) is 12.6. The highest BCUT2D eigenvalue weighted by Gasteiger charge is 2.25. The van der Waals surface area contributed by atoms with Crippen molar-refractivity contribution in [3.8, 4) is 17.5 Å². The quantitative estimate of drug-likeness (QED) is 0.646. The molecule has 2 fully saturated rings. The molecule has 170 valence electrons. The molecule has 2 saturated heterocycles. The molecule has 0 atom stereocenters. The van der Waals surface area contributed by atoms with Crippen molar-refractivity contribution in [1.82, 2.24) is 14.3 Å². The Hall–Kier alpha value is -2.58. The summed E-state index contributed by atoms with van der Waals surface area (Å²) in [4.78, 5) is 11.6. The fourth-order valence-corrected chi connectivity index (χ4v) is 4.64. The zero-order chi connectivity index (χ0) is 22.6. The van der Waals surface area contributed by atoms with Crippen LogP contribution in [0.15, 0.2) is 30.3 Å². The highest BCUT2D eigenvalue weighted by molar-refractivity contribution is 7.88. The van der Waals surface area contributed by atoms with Gasteiger partial charge in [0, 0.05) is 49.9 Å². The fourth-order valence-electron chi connectivity index (χ4n) is 3.81. The lowest BCUT2D eigenvalue weighted by Crippen LogP contribution is -2.48. The molecule has 32 heavy (non-hydrogen) atoms. The Morgan fingerprint density at radius 2 is 1.78 bits per heavy atom. The first-order valence-electron chi connectivity index (χ1n) is 10.7. The molecule has 0 radical (unpaired) electrons. The van der Waals surface area contributed by atoms with E-state index in [1.165, 1.54) is 10.6 Å². The summed E-state index contributed by atoms with van der Waals surface area (Å²) in [6, 6.07) is 11.3. The van der Waals surface area contributed by atoms with E-state index >= 15 is 0 Å². The van der Waals surface area contributed by atoms with Crippen molar-refractivity contribution in [2.45, 2.75) is 25.6 Å². The molecule has 3 heterocycles. The van der Waals surface area contributed by atoms with E-state index in [0.29, 0.717) is 63.6 Å². The molecule has 0 aliphatic carbocycles. The van der Waals surface area contributed by atoms with E-state index in [2.05, 4.69) is 11.0 Å². The zero-order valence-electron chi connectivity index (χ0n) is 18.1. The molecule has 1 aromatic heterocycles. The molecule has 0 spiro atoms. The highest BCUT2D eigenvalue weighted by atomic mass is 32.2. The fraction of sp³-hybridized carbons (Fsp3) is 0.500. The average Bonchev–Trinajstić information content (AvgIpc) is 2.83. The van der Waals surface area contributed by atoms with Crippen LogP contribution in [0.4, 0.5) is 5.82 Å². The van der Waals surface area contributed by atoms with E-state index in [-0.39, 0.29) is 6.29 Å². The minimum Gasteiger partial charge on any atom is -0.354 e. The van der Waals surface area contributed by atoms with Gasteiger partial charge in [0.25, 0.3) is 0 Å². The SMILES string of the molecule is CS(=O)(=O)N1CCN(c2cc(CCC3OCCCO3)nc(-c3ccc(C#N)cc3)n2)CC1. The lowest BCUT2D eigenvalue weighted by Gasteiger charge is -2.34. The summed E-state index contributed by atoms with van der Waals surface area (Å²) in [5, 5.41) is 9.07. The van der Waals surface area contributed by atoms with Crippen molar-refractivity contribution in [3.05, 3.63) is 41.6 Å². The molecule has 0 bridgehead atoms. The van der Waals surface area contributed by atoms with Crippen LogP contribution < -0.4 is 4.90 Å². The number of anilines is 1. The van der Waals surface area contributed by atoms with Gasteiger partial charge in [-0.15, -0.1) is 0 Å². The molecule has 4 rings (SSSR count). The van der Waals surface area contributed by atoms with Crippen LogP contribution in [-0.2, 0) is 25.9 Å². The second-order valence-electron chi connectivity index (χ2n) is 7.94. The zero-order valence-corrected chi connectivity index (χ0v) is 18.9. The van der Waals surface area contributed by atoms with E-state index < -0.39 is 10.0 Å². The summed E-state index contributed by atoms with van der Waals surface area (Å²) >= 11 is 0. The Bertz CT molecular complexity index is 1070. The van der Waals surface area contributed by atoms with Crippen LogP contribution in [0.2, 0.25) is 0 Å². The molecule has 1 aromatic carbocycles. The average molecular weight is 458 g/mol. The van der Waals surface area contributed by atoms with Crippen molar-refractivity contribution < 1.29 is 17.9 Å². The van der Waals surface area contributed by atoms with Crippen molar-refractivity contribution >= 4 is 15.8 Å². The second-order valence-corrected chi connectivity index (χ2v) is 9.93. The number of hydrogen-bond acceptors (Lipinski definition) is 8. The van der Waals surface area contributed by atoms with Gasteiger partial charge in [-0.2, -0.15) is 9.57 Å². The molecular formula is C22H27N5O4S. The maximum atomic E-state index is 11.8. The minimum atomic E-state index is -3.20. The smallest absolute Gasteiger partial charge is 0.211 e. The molecule has 9 nitrogen and oxygen atoms in total. The Morgan fingerprint density at radius 1 is 1.09 bits per heavy atom. The van der Waals surface area contributed by atoms with E-state index in [1.807, 2.05) is 18.2 Å². The summed E-state index contributed by atoms with van der Waals surface area (Å²) in [5.74, 6) is 1.35. The van der Waals surface area contributed by atoms with Gasteiger partial charge in [-0.1, -0.05) is 0 Å². The second kappa shape index (κ2) is 9.92. The van der Waals surface area contributed by atoms with Crippen molar-refractivity contribution in [2.24, 2.45) is 0 Å². The monoisotopic (exact) mass is 457 g/mol. The van der Waals surface area contributed by atoms with Gasteiger partial charge in [0.2, 0.25) is 10.0 Å². The molecule has 0 saturated carbocycles. The van der Waals surface area contributed by atoms with Gasteiger partial charge in [0.05, 0.1) is 31.1 Å². The molecular weight excluding hydrogens is 430 g/mol. The van der Waals surface area contributed by atoms with Gasteiger partial charge in [-0.05, 0) is 37.1 Å². The third kappa shape index (κ3) is 5.61. The molecule has 0 N–H and O–H groups in total. The molecule has 0 amide bonds. The van der Waals surface area contributed by atoms with Crippen LogP contribution in [0.3, 0.4) is 0 Å². The van der Waals surface area contributed by atoms with Crippen molar-refractivity contribution in [1.29, 1.82) is 5.26 Å². The first-order chi connectivity index (χ1) is 15.4. The van der Waals surface area contributed by atoms with Crippen LogP contribution >= 0.6 is 0 Å². The Morgan fingerprint density at radius 3 is 2.41 bits per heavy atom. The van der Waals surface area contributed by atoms with Gasteiger partial charge in [0.15, 0.2) is 12.1 Å². The van der Waals surface area contributed by atoms with Crippen molar-refractivity contribution in [3.63, 3.8) is 0 Å². The van der Waals surface area contributed by atoms with Crippen LogP contribution in [0.1, 0.15) is 24.1 Å². The normalized spacial score (nSPS) is 18.4. The van der Waals surface area contributed by atoms with Gasteiger partial charge < -0.3 is 14.4 Å². The summed E-state index contributed by atoms with van der Waals surface area (Å²) in [5.41, 5.74) is 2.28. The number of aromatic nitrogens is 2. The van der Waals surface area contributed by atoms with Crippen LogP contribution in [0.5, 0.6) is 0 Å². The molecule has 2 aliphatic rings. The predicted molar refractivity (Wildman–Crippen MR) is 119 cm³/mol. The molecule has 10 heteroatoms. The number of sulfonamides is 1. The number of piperazine rings is 1. The van der Waals surface area contributed by atoms with E-state index in [4.69, 9.17) is 24.7 Å². The minimum absolute atomic E-state index is 0.223. The number of benzene rings is 1. The Kier molecular flexibility index (Phi) is 7.01. The number of aryl methyl sites for hydroxylation is 1. The van der Waals surface area contributed by atoms with Gasteiger partial charge in [-0.3, -0.25) is 0 Å². The maximum Gasteiger partial charge on any atom is 0.211 e. The number of nitrogens with zero attached hydrogens (tertiary/aromatic N) is 5. The molecule has 2 aromatic rings. The predicted octanol–water partition coefficient (Wildman–Crippen LogP) is 1.79. The lowest BCUT2D eigenvalue weighted by atomic mass is 10.1. The van der Waals surface area contributed by atoms with Crippen LogP contribution in [0, 0.1) is 11.3 Å². The summed E-state index contributed by atoms with van der Waals surface area (Å²) in [7, 11) is -3.20. The third-order valence-corrected chi connectivity index (χ3v) is 6.91. The van der Waals surface area contributed by atoms with E-state index in [9.17, 15) is 8.42 Å².